The van der Waals surface area contributed by atoms with Gasteiger partial charge in [-0.1, -0.05) is 48.0 Å². The molecule has 1 unspecified atom stereocenters. The summed E-state index contributed by atoms with van der Waals surface area (Å²) in [5.41, 5.74) is 2.23. The lowest BCUT2D eigenvalue weighted by molar-refractivity contribution is 0.169. The summed E-state index contributed by atoms with van der Waals surface area (Å²) in [5, 5.41) is 0.270. The number of nitrogens with one attached hydrogen (secondary N) is 1. The van der Waals surface area contributed by atoms with E-state index >= 15 is 0 Å². The number of rotatable bonds is 6. The highest BCUT2D eigenvalue weighted by Crippen LogP contribution is 2.23. The average Bonchev–Trinajstić information content (AvgIpc) is 2.61. The van der Waals surface area contributed by atoms with Gasteiger partial charge in [0.05, 0.1) is 5.02 Å². The third-order valence-electron chi connectivity index (χ3n) is 4.79. The van der Waals surface area contributed by atoms with Gasteiger partial charge in [-0.25, -0.2) is 13.1 Å². The minimum Gasteiger partial charge on any atom is -0.299 e. The van der Waals surface area contributed by atoms with E-state index in [4.69, 9.17) is 11.6 Å². The quantitative estimate of drug-likeness (QED) is 0.812. The summed E-state index contributed by atoms with van der Waals surface area (Å²) in [6.07, 6.45) is 2.12. The number of aryl methyl sites for hydroxylation is 1. The molecule has 6 heteroatoms. The van der Waals surface area contributed by atoms with Crippen LogP contribution in [-0.2, 0) is 16.6 Å². The van der Waals surface area contributed by atoms with Crippen LogP contribution in [0.5, 0.6) is 0 Å². The SMILES string of the molecule is Cc1ccc(S(=O)(=O)NCC2CCCN(Cc3ccccc3)C2)c(Cl)c1. The van der Waals surface area contributed by atoms with E-state index in [0.717, 1.165) is 38.0 Å². The topological polar surface area (TPSA) is 49.4 Å². The van der Waals surface area contributed by atoms with E-state index in [2.05, 4.69) is 33.9 Å². The molecule has 0 amide bonds. The molecule has 2 aromatic rings. The van der Waals surface area contributed by atoms with E-state index in [1.807, 2.05) is 13.0 Å². The Morgan fingerprint density at radius 2 is 1.96 bits per heavy atom. The Kier molecular flexibility index (Phi) is 6.35. The summed E-state index contributed by atoms with van der Waals surface area (Å²) in [7, 11) is -3.58. The van der Waals surface area contributed by atoms with Crippen LogP contribution in [0.2, 0.25) is 5.02 Å². The summed E-state index contributed by atoms with van der Waals surface area (Å²) in [6.45, 7) is 5.20. The maximum Gasteiger partial charge on any atom is 0.242 e. The standard InChI is InChI=1S/C20H25ClN2O2S/c1-16-9-10-20(19(21)12-16)26(24,25)22-13-18-8-5-11-23(15-18)14-17-6-3-2-4-7-17/h2-4,6-7,9-10,12,18,22H,5,8,11,13-15H2,1H3. The van der Waals surface area contributed by atoms with Gasteiger partial charge in [-0.3, -0.25) is 4.90 Å². The van der Waals surface area contributed by atoms with Gasteiger partial charge in [0.25, 0.3) is 0 Å². The van der Waals surface area contributed by atoms with E-state index in [-0.39, 0.29) is 9.92 Å². The van der Waals surface area contributed by atoms with Crippen LogP contribution < -0.4 is 4.72 Å². The van der Waals surface area contributed by atoms with Crippen molar-refractivity contribution in [3.63, 3.8) is 0 Å². The van der Waals surface area contributed by atoms with Gasteiger partial charge >= 0.3 is 0 Å². The molecule has 0 bridgehead atoms. The fourth-order valence-corrected chi connectivity index (χ4v) is 5.15. The molecule has 1 aliphatic rings. The minimum atomic E-state index is -3.58. The molecule has 140 valence electrons. The lowest BCUT2D eigenvalue weighted by Gasteiger charge is -2.32. The van der Waals surface area contributed by atoms with Crippen molar-refractivity contribution < 1.29 is 8.42 Å². The molecule has 0 aromatic heterocycles. The van der Waals surface area contributed by atoms with Crippen LogP contribution >= 0.6 is 11.6 Å². The second kappa shape index (κ2) is 8.53. The highest BCUT2D eigenvalue weighted by Gasteiger charge is 2.23. The van der Waals surface area contributed by atoms with Gasteiger partial charge in [-0.05, 0) is 55.5 Å². The molecule has 2 aromatic carbocycles. The molecular formula is C20H25ClN2O2S. The van der Waals surface area contributed by atoms with Crippen LogP contribution in [-0.4, -0.2) is 33.0 Å². The van der Waals surface area contributed by atoms with Crippen LogP contribution in [0.3, 0.4) is 0 Å². The number of halogens is 1. The summed E-state index contributed by atoms with van der Waals surface area (Å²) >= 11 is 6.12. The summed E-state index contributed by atoms with van der Waals surface area (Å²) in [6, 6.07) is 15.4. The van der Waals surface area contributed by atoms with Crippen molar-refractivity contribution in [3.05, 3.63) is 64.7 Å². The Bertz CT molecular complexity index is 840. The third kappa shape index (κ3) is 5.07. The smallest absolute Gasteiger partial charge is 0.242 e. The lowest BCUT2D eigenvalue weighted by Crippen LogP contribution is -2.40. The first-order valence-corrected chi connectivity index (χ1v) is 10.8. The van der Waals surface area contributed by atoms with Gasteiger partial charge in [0.2, 0.25) is 10.0 Å². The summed E-state index contributed by atoms with van der Waals surface area (Å²) in [5.74, 6) is 0.312. The van der Waals surface area contributed by atoms with Crippen molar-refractivity contribution in [1.29, 1.82) is 0 Å². The summed E-state index contributed by atoms with van der Waals surface area (Å²) in [4.78, 5) is 2.55. The van der Waals surface area contributed by atoms with E-state index < -0.39 is 10.0 Å². The van der Waals surface area contributed by atoms with Gasteiger partial charge in [0.1, 0.15) is 4.90 Å². The van der Waals surface area contributed by atoms with E-state index in [9.17, 15) is 8.42 Å². The fraction of sp³-hybridized carbons (Fsp3) is 0.400. The van der Waals surface area contributed by atoms with Crippen molar-refractivity contribution in [2.45, 2.75) is 31.2 Å². The molecule has 1 saturated heterocycles. The van der Waals surface area contributed by atoms with Crippen molar-refractivity contribution in [1.82, 2.24) is 9.62 Å². The lowest BCUT2D eigenvalue weighted by atomic mass is 9.98. The van der Waals surface area contributed by atoms with Gasteiger partial charge in [-0.2, -0.15) is 0 Å². The second-order valence-electron chi connectivity index (χ2n) is 7.01. The highest BCUT2D eigenvalue weighted by atomic mass is 35.5. The Morgan fingerprint density at radius 3 is 2.69 bits per heavy atom. The molecule has 3 rings (SSSR count). The van der Waals surface area contributed by atoms with E-state index in [1.165, 1.54) is 5.56 Å². The zero-order valence-corrected chi connectivity index (χ0v) is 16.6. The van der Waals surface area contributed by atoms with Gasteiger partial charge in [0.15, 0.2) is 0 Å². The van der Waals surface area contributed by atoms with E-state index in [0.29, 0.717) is 12.5 Å². The van der Waals surface area contributed by atoms with Crippen LogP contribution in [0.15, 0.2) is 53.4 Å². The Morgan fingerprint density at radius 1 is 1.19 bits per heavy atom. The van der Waals surface area contributed by atoms with E-state index in [1.54, 1.807) is 18.2 Å². The normalized spacial score (nSPS) is 18.8. The number of nitrogens with zero attached hydrogens (tertiary/aromatic N) is 1. The minimum absolute atomic E-state index is 0.154. The second-order valence-corrected chi connectivity index (χ2v) is 9.16. The maximum absolute atomic E-state index is 12.6. The molecule has 0 aliphatic carbocycles. The molecule has 0 spiro atoms. The first-order chi connectivity index (χ1) is 12.4. The number of piperidine rings is 1. The first kappa shape index (κ1) is 19.4. The van der Waals surface area contributed by atoms with Crippen molar-refractivity contribution >= 4 is 21.6 Å². The number of hydrogen-bond donors (Lipinski definition) is 1. The fourth-order valence-electron chi connectivity index (χ4n) is 3.43. The van der Waals surface area contributed by atoms with Crippen molar-refractivity contribution in [3.8, 4) is 0 Å². The third-order valence-corrected chi connectivity index (χ3v) is 6.70. The number of benzene rings is 2. The number of hydrogen-bond acceptors (Lipinski definition) is 3. The number of likely N-dealkylation sites (tertiary alicyclic amines) is 1. The molecule has 1 heterocycles. The molecular weight excluding hydrogens is 368 g/mol. The molecule has 1 aliphatic heterocycles. The molecule has 26 heavy (non-hydrogen) atoms. The van der Waals surface area contributed by atoms with Gasteiger partial charge in [0, 0.05) is 19.6 Å². The van der Waals surface area contributed by atoms with Gasteiger partial charge < -0.3 is 0 Å². The molecule has 0 saturated carbocycles. The Balaban J connectivity index is 1.58. The molecule has 0 radical (unpaired) electrons. The molecule has 4 nitrogen and oxygen atoms in total. The first-order valence-electron chi connectivity index (χ1n) is 8.96. The van der Waals surface area contributed by atoms with Crippen LogP contribution in [0.1, 0.15) is 24.0 Å². The molecule has 1 N–H and O–H groups in total. The summed E-state index contributed by atoms with van der Waals surface area (Å²) < 4.78 is 27.9. The zero-order chi connectivity index (χ0) is 18.6. The van der Waals surface area contributed by atoms with Crippen molar-refractivity contribution in [2.75, 3.05) is 19.6 Å². The van der Waals surface area contributed by atoms with Gasteiger partial charge in [-0.15, -0.1) is 0 Å². The predicted molar refractivity (Wildman–Crippen MR) is 106 cm³/mol. The highest BCUT2D eigenvalue weighted by molar-refractivity contribution is 7.89. The molecule has 1 fully saturated rings. The Labute approximate surface area is 161 Å². The molecule has 1 atom stereocenters. The van der Waals surface area contributed by atoms with Crippen LogP contribution in [0, 0.1) is 12.8 Å². The number of sulfonamides is 1. The van der Waals surface area contributed by atoms with Crippen LogP contribution in [0.25, 0.3) is 0 Å². The predicted octanol–water partition coefficient (Wildman–Crippen LogP) is 3.84. The monoisotopic (exact) mass is 392 g/mol. The largest absolute Gasteiger partial charge is 0.299 e. The van der Waals surface area contributed by atoms with Crippen molar-refractivity contribution in [2.24, 2.45) is 5.92 Å². The average molecular weight is 393 g/mol. The maximum atomic E-state index is 12.6. The Hall–Kier alpha value is -1.40. The zero-order valence-electron chi connectivity index (χ0n) is 15.0. The van der Waals surface area contributed by atoms with Crippen LogP contribution in [0.4, 0.5) is 0 Å².